The molecule has 0 aliphatic carbocycles. The van der Waals surface area contributed by atoms with Gasteiger partial charge in [-0.1, -0.05) is 0 Å². The van der Waals surface area contributed by atoms with E-state index < -0.39 is 31.6 Å². The Balaban J connectivity index is -0.0000000225. The molecular weight excluding hydrogens is 489 g/mol. The van der Waals surface area contributed by atoms with Crippen molar-refractivity contribution in [3.63, 3.8) is 0 Å². The molecule has 0 bridgehead atoms. The summed E-state index contributed by atoms with van der Waals surface area (Å²) in [6.45, 7) is 0. The molecule has 0 spiro atoms. The van der Waals surface area contributed by atoms with E-state index in [-0.39, 0.29) is 92.2 Å². The van der Waals surface area contributed by atoms with Gasteiger partial charge in [0.2, 0.25) is 0 Å². The van der Waals surface area contributed by atoms with Crippen molar-refractivity contribution in [3.8, 4) is 0 Å². The molecule has 0 saturated carbocycles. The van der Waals surface area contributed by atoms with Crippen molar-refractivity contribution in [3.05, 3.63) is 0 Å². The van der Waals surface area contributed by atoms with Crippen molar-refractivity contribution in [1.29, 1.82) is 0 Å². The summed E-state index contributed by atoms with van der Waals surface area (Å²) in [6.07, 6.45) is 0. The van der Waals surface area contributed by atoms with E-state index in [9.17, 15) is 16.8 Å². The Morgan fingerprint density at radius 2 is 0.375 bits per heavy atom. The van der Waals surface area contributed by atoms with E-state index in [1.54, 1.807) is 0 Å². The van der Waals surface area contributed by atoms with Gasteiger partial charge in [0.05, 0.1) is 0 Å². The second-order valence-corrected chi connectivity index (χ2v) is 5.17. The van der Waals surface area contributed by atoms with Crippen LogP contribution in [0.4, 0.5) is 16.8 Å². The molecule has 0 N–H and O–H groups in total. The Morgan fingerprint density at radius 1 is 0.375 bits per heavy atom. The molecule has 0 aliphatic rings. The smallest absolute Gasteiger partial charge is 0.786 e. The minimum absolute atomic E-state index is 0. The summed E-state index contributed by atoms with van der Waals surface area (Å²) in [5.41, 5.74) is 0. The van der Waals surface area contributed by atoms with E-state index in [1.165, 1.54) is 0 Å². The van der Waals surface area contributed by atoms with Gasteiger partial charge in [0.15, 0.2) is 0 Å². The van der Waals surface area contributed by atoms with Gasteiger partial charge < -0.3 is 57.4 Å². The quantitative estimate of drug-likeness (QED) is 0.175. The maximum Gasteiger partial charge on any atom is 2.00 e. The van der Waals surface area contributed by atoms with Crippen LogP contribution in [0.25, 0.3) is 0 Å². The van der Waals surface area contributed by atoms with E-state index in [1.807, 2.05) is 0 Å². The summed E-state index contributed by atoms with van der Waals surface area (Å²) in [5.74, 6) is 0. The van der Waals surface area contributed by atoms with Crippen molar-refractivity contribution >= 4 is 124 Å². The molecule has 0 aromatic carbocycles. The van der Waals surface area contributed by atoms with Gasteiger partial charge in [-0.15, -0.1) is 0 Å². The van der Waals surface area contributed by atoms with Crippen molar-refractivity contribution in [2.75, 3.05) is 0 Å². The van der Waals surface area contributed by atoms with Crippen LogP contribution < -0.4 is 39.1 Å². The van der Waals surface area contributed by atoms with Gasteiger partial charge in [0.25, 0.3) is 0 Å². The van der Waals surface area contributed by atoms with Crippen molar-refractivity contribution in [1.82, 2.24) is 0 Å². The molecule has 0 atom stereocenters. The largest absolute Gasteiger partial charge is 2.00 e. The van der Waals surface area contributed by atoms with Gasteiger partial charge in [-0.2, -0.15) is 0 Å². The topological polar surface area (TPSA) is 253 Å². The average molecular weight is 489 g/mol. The van der Waals surface area contributed by atoms with E-state index in [0.717, 1.165) is 0 Å². The monoisotopic (exact) mass is 488 g/mol. The second-order valence-electron chi connectivity index (χ2n) is 1.72. The molecule has 0 heterocycles. The van der Waals surface area contributed by atoms with Crippen LogP contribution in [0, 0.1) is 0 Å². The summed E-state index contributed by atoms with van der Waals surface area (Å²) in [4.78, 5) is 67.5. The summed E-state index contributed by atoms with van der Waals surface area (Å²) < 4.78 is 74.3. The summed E-state index contributed by atoms with van der Waals surface area (Å²) in [5, 5.41) is 0. The zero-order valence-corrected chi connectivity index (χ0v) is 20.3. The second kappa shape index (κ2) is 22.7. The fraction of sp³-hybridized carbons (Fsp3) is 0. The molecule has 0 aromatic rings. The molecule has 0 fully saturated rings. The van der Waals surface area contributed by atoms with E-state index >= 15 is 0 Å². The minimum Gasteiger partial charge on any atom is -0.786 e. The molecule has 128 valence electrons. The van der Waals surface area contributed by atoms with Crippen LogP contribution in [0.5, 0.6) is 0 Å². The van der Waals surface area contributed by atoms with Gasteiger partial charge in [-0.05, 0) is 0 Å². The third-order valence-corrected chi connectivity index (χ3v) is 0. The zero-order valence-electron chi connectivity index (χ0n) is 11.0. The Morgan fingerprint density at radius 3 is 0.375 bits per heavy atom. The van der Waals surface area contributed by atoms with Crippen LogP contribution in [-0.2, 0) is 18.3 Å². The van der Waals surface area contributed by atoms with Crippen LogP contribution >= 0.6 is 31.6 Å². The van der Waals surface area contributed by atoms with Gasteiger partial charge in [0.1, 0.15) is 31.6 Å². The van der Waals surface area contributed by atoms with Crippen LogP contribution in [0.3, 0.4) is 0 Å². The molecule has 0 rings (SSSR count). The van der Waals surface area contributed by atoms with E-state index in [2.05, 4.69) is 0 Å². The maximum absolute atomic E-state index is 10.1. The summed E-state index contributed by atoms with van der Waals surface area (Å²) in [6, 6.07) is 0. The molecule has 24 heteroatoms. The number of hydrogen-bond donors (Lipinski definition) is 0. The first-order chi connectivity index (χ1) is 8.00. The van der Waals surface area contributed by atoms with Crippen molar-refractivity contribution in [2.24, 2.45) is 0 Å². The van der Waals surface area contributed by atoms with Gasteiger partial charge in [0, 0.05) is 0 Å². The molecule has 0 aliphatic heterocycles. The third kappa shape index (κ3) is 1320. The van der Waals surface area contributed by atoms with E-state index in [4.69, 9.17) is 57.4 Å². The summed E-state index contributed by atoms with van der Waals surface area (Å²) in [7, 11) is -22.6. The molecule has 12 nitrogen and oxygen atoms in total. The van der Waals surface area contributed by atoms with Crippen molar-refractivity contribution in [2.45, 2.75) is 0 Å². The molecule has 0 radical (unpaired) electrons. The number of halogens is 4. The van der Waals surface area contributed by atoms with Crippen molar-refractivity contribution < 1.29 is 74.2 Å². The standard InChI is InChI=1S/4FH2O3P.4Mg/c4*1-5(2,3)4;;;;/h4*(H2,2,3,4);;;;/q;;;;4*+2/p-8. The Bertz CT molecular complexity index is 308. The Hall–Kier alpha value is 3.38. The van der Waals surface area contributed by atoms with Crippen LogP contribution in [0.1, 0.15) is 0 Å². The summed E-state index contributed by atoms with van der Waals surface area (Å²) >= 11 is 0. The third-order valence-electron chi connectivity index (χ3n) is 0. The van der Waals surface area contributed by atoms with E-state index in [0.29, 0.717) is 0 Å². The van der Waals surface area contributed by atoms with Gasteiger partial charge in [-0.3, -0.25) is 0 Å². The zero-order chi connectivity index (χ0) is 18.0. The van der Waals surface area contributed by atoms with Crippen LogP contribution in [0.2, 0.25) is 0 Å². The Kier molecular flexibility index (Phi) is 47.9. The number of hydrogen-bond acceptors (Lipinski definition) is 12. The normalized spacial score (nSPS) is 9.83. The SMILES string of the molecule is O=P([O-])([O-])F.O=P([O-])([O-])F.O=P([O-])([O-])F.O=P([O-])([O-])F.[Mg+2].[Mg+2].[Mg+2].[Mg+2]. The minimum atomic E-state index is -5.64. The van der Waals surface area contributed by atoms with Crippen LogP contribution in [0.15, 0.2) is 0 Å². The molecule has 0 unspecified atom stereocenters. The molecule has 24 heavy (non-hydrogen) atoms. The fourth-order valence-corrected chi connectivity index (χ4v) is 0. The maximum atomic E-state index is 10.1. The predicted octanol–water partition coefficient (Wildman–Crippen LogP) is -6.38. The number of rotatable bonds is 0. The van der Waals surface area contributed by atoms with Crippen LogP contribution in [-0.4, -0.2) is 92.2 Å². The molecular formula is F4Mg4O12P4. The van der Waals surface area contributed by atoms with Gasteiger partial charge >= 0.3 is 92.2 Å². The Labute approximate surface area is 196 Å². The fourth-order valence-electron chi connectivity index (χ4n) is 0. The average Bonchev–Trinajstić information content (AvgIpc) is 1.62. The van der Waals surface area contributed by atoms with Gasteiger partial charge in [-0.25, -0.2) is 16.8 Å². The molecule has 0 aromatic heterocycles. The molecule has 0 saturated heterocycles. The first kappa shape index (κ1) is 50.7. The molecule has 0 amide bonds. The first-order valence-electron chi connectivity index (χ1n) is 2.87. The predicted molar refractivity (Wildman–Crippen MR) is 57.9 cm³/mol. The first-order valence-corrected chi connectivity index (χ1v) is 8.60.